The van der Waals surface area contributed by atoms with Crippen LogP contribution in [0.1, 0.15) is 43.0 Å². The maximum Gasteiger partial charge on any atom is 0.345 e. The molecule has 1 saturated heterocycles. The number of hydrogen-bond acceptors (Lipinski definition) is 6. The van der Waals surface area contributed by atoms with Crippen molar-refractivity contribution in [1.29, 1.82) is 0 Å². The second-order valence-corrected chi connectivity index (χ2v) is 7.42. The summed E-state index contributed by atoms with van der Waals surface area (Å²) in [5, 5.41) is 8.67. The van der Waals surface area contributed by atoms with Crippen LogP contribution in [0.5, 0.6) is 0 Å². The summed E-state index contributed by atoms with van der Waals surface area (Å²) in [6.45, 7) is 8.73. The highest BCUT2D eigenvalue weighted by molar-refractivity contribution is 5.05. The Kier molecular flexibility index (Phi) is 5.93. The van der Waals surface area contributed by atoms with Gasteiger partial charge in [-0.15, -0.1) is 0 Å². The largest absolute Gasteiger partial charge is 0.360 e. The van der Waals surface area contributed by atoms with Gasteiger partial charge in [-0.2, -0.15) is 5.10 Å². The average Bonchev–Trinajstić information content (AvgIpc) is 3.16. The quantitative estimate of drug-likeness (QED) is 0.739. The summed E-state index contributed by atoms with van der Waals surface area (Å²) in [5.41, 5.74) is 0.917. The lowest BCUT2D eigenvalue weighted by Crippen LogP contribution is -2.35. The van der Waals surface area contributed by atoms with Crippen molar-refractivity contribution in [2.24, 2.45) is 0 Å². The fourth-order valence-corrected chi connectivity index (χ4v) is 3.62. The average molecular weight is 362 g/mol. The first-order valence-electron chi connectivity index (χ1n) is 9.44. The highest BCUT2D eigenvalue weighted by Crippen LogP contribution is 2.26. The Balaban J connectivity index is 1.74. The first-order valence-corrected chi connectivity index (χ1v) is 9.44. The van der Waals surface area contributed by atoms with Gasteiger partial charge in [0.15, 0.2) is 5.76 Å². The van der Waals surface area contributed by atoms with E-state index in [4.69, 9.17) is 9.62 Å². The van der Waals surface area contributed by atoms with Crippen LogP contribution in [0.2, 0.25) is 0 Å². The van der Waals surface area contributed by atoms with Gasteiger partial charge in [0.05, 0.1) is 18.8 Å². The predicted octanol–water partition coefficient (Wildman–Crippen LogP) is 1.30. The fourth-order valence-electron chi connectivity index (χ4n) is 3.62. The molecular formula is C18H30N6O2. The number of aromatic nitrogens is 4. The van der Waals surface area contributed by atoms with Crippen molar-refractivity contribution in [3.8, 4) is 0 Å². The molecule has 1 fully saturated rings. The van der Waals surface area contributed by atoms with E-state index in [1.165, 1.54) is 0 Å². The maximum absolute atomic E-state index is 12.7. The number of aryl methyl sites for hydroxylation is 1. The normalized spacial score (nSPS) is 18.7. The molecule has 8 heteroatoms. The smallest absolute Gasteiger partial charge is 0.345 e. The Morgan fingerprint density at radius 3 is 2.85 bits per heavy atom. The van der Waals surface area contributed by atoms with Crippen molar-refractivity contribution in [1.82, 2.24) is 29.3 Å². The van der Waals surface area contributed by atoms with Gasteiger partial charge >= 0.3 is 5.69 Å². The predicted molar refractivity (Wildman–Crippen MR) is 99.2 cm³/mol. The Bertz CT molecular complexity index is 775. The zero-order valence-corrected chi connectivity index (χ0v) is 16.3. The lowest BCUT2D eigenvalue weighted by atomic mass is 9.97. The molecule has 0 unspecified atom stereocenters. The maximum atomic E-state index is 12.7. The molecule has 2 aromatic heterocycles. The van der Waals surface area contributed by atoms with Gasteiger partial charge in [0.2, 0.25) is 0 Å². The number of likely N-dealkylation sites (N-methyl/N-ethyl adjacent to an activating group) is 1. The van der Waals surface area contributed by atoms with Crippen LogP contribution in [0.3, 0.4) is 0 Å². The van der Waals surface area contributed by atoms with Crippen molar-refractivity contribution in [2.45, 2.75) is 52.2 Å². The monoisotopic (exact) mass is 362 g/mol. The highest BCUT2D eigenvalue weighted by Gasteiger charge is 2.27. The molecule has 1 atom stereocenters. The van der Waals surface area contributed by atoms with Crippen molar-refractivity contribution in [2.75, 3.05) is 33.7 Å². The summed E-state index contributed by atoms with van der Waals surface area (Å²) in [5.74, 6) is 2.10. The molecule has 2 aromatic rings. The molecule has 0 aromatic carbocycles. The minimum Gasteiger partial charge on any atom is -0.360 e. The molecule has 0 saturated carbocycles. The van der Waals surface area contributed by atoms with Crippen LogP contribution in [0.15, 0.2) is 15.4 Å². The van der Waals surface area contributed by atoms with Gasteiger partial charge in [-0.3, -0.25) is 9.47 Å². The van der Waals surface area contributed by atoms with E-state index in [1.807, 2.05) is 38.6 Å². The van der Waals surface area contributed by atoms with Crippen LogP contribution >= 0.6 is 0 Å². The Labute approximate surface area is 154 Å². The van der Waals surface area contributed by atoms with Crippen LogP contribution in [-0.2, 0) is 19.6 Å². The highest BCUT2D eigenvalue weighted by atomic mass is 16.5. The number of piperidine rings is 1. The molecule has 0 aliphatic carbocycles. The minimum absolute atomic E-state index is 0.00679. The van der Waals surface area contributed by atoms with E-state index < -0.39 is 0 Å². The number of rotatable bonds is 7. The third-order valence-electron chi connectivity index (χ3n) is 4.95. The molecule has 0 N–H and O–H groups in total. The molecule has 0 amide bonds. The van der Waals surface area contributed by atoms with Gasteiger partial charge < -0.3 is 9.42 Å². The van der Waals surface area contributed by atoms with Crippen LogP contribution in [0, 0.1) is 6.92 Å². The number of likely N-dealkylation sites (tertiary alicyclic amines) is 1. The van der Waals surface area contributed by atoms with E-state index in [2.05, 4.69) is 15.0 Å². The van der Waals surface area contributed by atoms with Crippen molar-refractivity contribution < 1.29 is 4.52 Å². The second kappa shape index (κ2) is 8.18. The Hall–Kier alpha value is -1.93. The summed E-state index contributed by atoms with van der Waals surface area (Å²) >= 11 is 0. The molecule has 1 aliphatic heterocycles. The molecule has 144 valence electrons. The van der Waals surface area contributed by atoms with Crippen LogP contribution < -0.4 is 5.69 Å². The van der Waals surface area contributed by atoms with Crippen molar-refractivity contribution in [3.05, 3.63) is 33.8 Å². The molecule has 26 heavy (non-hydrogen) atoms. The zero-order chi connectivity index (χ0) is 18.7. The van der Waals surface area contributed by atoms with E-state index in [0.717, 1.165) is 56.3 Å². The van der Waals surface area contributed by atoms with Gasteiger partial charge in [0.1, 0.15) is 5.82 Å². The standard InChI is InChI=1S/C18H30N6O2/c1-5-23-17(19-24(18(23)25)10-9-21(3)4)15-7-6-8-22(12-15)13-16-11-14(2)20-26-16/h11,15H,5-10,12-13H2,1-4H3/t15-/m1/s1. The van der Waals surface area contributed by atoms with E-state index in [9.17, 15) is 4.79 Å². The van der Waals surface area contributed by atoms with Gasteiger partial charge in [-0.1, -0.05) is 5.16 Å². The van der Waals surface area contributed by atoms with Gasteiger partial charge in [0.25, 0.3) is 0 Å². The third-order valence-corrected chi connectivity index (χ3v) is 4.95. The van der Waals surface area contributed by atoms with Crippen LogP contribution in [0.25, 0.3) is 0 Å². The van der Waals surface area contributed by atoms with Crippen molar-refractivity contribution >= 4 is 0 Å². The molecule has 1 aliphatic rings. The molecule has 0 bridgehead atoms. The molecule has 0 radical (unpaired) electrons. The second-order valence-electron chi connectivity index (χ2n) is 7.42. The van der Waals surface area contributed by atoms with Crippen molar-refractivity contribution in [3.63, 3.8) is 0 Å². The Morgan fingerprint density at radius 1 is 1.38 bits per heavy atom. The number of hydrogen-bond donors (Lipinski definition) is 0. The topological polar surface area (TPSA) is 72.3 Å². The van der Waals surface area contributed by atoms with E-state index in [1.54, 1.807) is 4.68 Å². The molecule has 3 heterocycles. The summed E-state index contributed by atoms with van der Waals surface area (Å²) in [6, 6.07) is 1.99. The zero-order valence-electron chi connectivity index (χ0n) is 16.3. The van der Waals surface area contributed by atoms with Gasteiger partial charge in [-0.05, 0) is 47.3 Å². The lowest BCUT2D eigenvalue weighted by molar-refractivity contribution is 0.175. The molecule has 3 rings (SSSR count). The first kappa shape index (κ1) is 18.8. The fraction of sp³-hybridized carbons (Fsp3) is 0.722. The van der Waals surface area contributed by atoms with Gasteiger partial charge in [0, 0.05) is 31.6 Å². The van der Waals surface area contributed by atoms with Gasteiger partial charge in [-0.25, -0.2) is 9.48 Å². The SMILES string of the molecule is CCn1c([C@@H]2CCCN(Cc3cc(C)no3)C2)nn(CCN(C)C)c1=O. The number of nitrogens with zero attached hydrogens (tertiary/aromatic N) is 6. The summed E-state index contributed by atoms with van der Waals surface area (Å²) in [6.07, 6.45) is 2.16. The molecule has 8 nitrogen and oxygen atoms in total. The lowest BCUT2D eigenvalue weighted by Gasteiger charge is -2.31. The summed E-state index contributed by atoms with van der Waals surface area (Å²) in [4.78, 5) is 17.1. The Morgan fingerprint density at radius 2 is 2.19 bits per heavy atom. The van der Waals surface area contributed by atoms with Crippen LogP contribution in [0.4, 0.5) is 0 Å². The van der Waals surface area contributed by atoms with Crippen LogP contribution in [-0.4, -0.2) is 63.0 Å². The summed E-state index contributed by atoms with van der Waals surface area (Å²) in [7, 11) is 4.01. The molecule has 0 spiro atoms. The third kappa shape index (κ3) is 4.24. The van der Waals surface area contributed by atoms with E-state index in [-0.39, 0.29) is 11.6 Å². The van der Waals surface area contributed by atoms with E-state index >= 15 is 0 Å². The molecular weight excluding hydrogens is 332 g/mol. The van der Waals surface area contributed by atoms with E-state index in [0.29, 0.717) is 13.1 Å². The first-order chi connectivity index (χ1) is 12.5. The minimum atomic E-state index is 0.00679. The summed E-state index contributed by atoms with van der Waals surface area (Å²) < 4.78 is 8.82.